The molecule has 0 aromatic heterocycles. The number of nitrogens with zero attached hydrogens (tertiary/aromatic N) is 1. The van der Waals surface area contributed by atoms with Crippen LogP contribution in [-0.4, -0.2) is 136 Å². The summed E-state index contributed by atoms with van der Waals surface area (Å²) in [6, 6.07) is 6.78. The average molecular weight is 885 g/mol. The quantitative estimate of drug-likeness (QED) is 0.0555. The van der Waals surface area contributed by atoms with Crippen molar-refractivity contribution in [3.05, 3.63) is 65.7 Å². The molecule has 18 nitrogen and oxygen atoms in total. The van der Waals surface area contributed by atoms with E-state index < -0.39 is 96.2 Å². The number of carbonyl (C=O) groups is 7. The summed E-state index contributed by atoms with van der Waals surface area (Å²) in [6.45, 7) is 3.04. The normalized spacial score (nSPS) is 17.0. The van der Waals surface area contributed by atoms with Crippen molar-refractivity contribution < 1.29 is 48.9 Å². The van der Waals surface area contributed by atoms with Crippen LogP contribution >= 0.6 is 11.8 Å². The van der Waals surface area contributed by atoms with Gasteiger partial charge in [-0.15, -0.1) is 0 Å². The van der Waals surface area contributed by atoms with Crippen molar-refractivity contribution >= 4 is 53.2 Å². The predicted octanol–water partition coefficient (Wildman–Crippen LogP) is -0.0752. The van der Waals surface area contributed by atoms with Crippen LogP contribution in [0.3, 0.4) is 0 Å². The Morgan fingerprint density at radius 2 is 1.40 bits per heavy atom. The zero-order valence-electron chi connectivity index (χ0n) is 35.7. The molecule has 2 aromatic rings. The summed E-state index contributed by atoms with van der Waals surface area (Å²) < 4.78 is 0. The van der Waals surface area contributed by atoms with Crippen molar-refractivity contribution in [2.45, 2.75) is 114 Å². The number of rotatable bonds is 26. The van der Waals surface area contributed by atoms with Crippen LogP contribution in [0.4, 0.5) is 0 Å². The highest BCUT2D eigenvalue weighted by molar-refractivity contribution is 7.98. The van der Waals surface area contributed by atoms with Crippen LogP contribution < -0.4 is 38.1 Å². The van der Waals surface area contributed by atoms with Gasteiger partial charge in [0.2, 0.25) is 35.4 Å². The molecule has 1 saturated heterocycles. The van der Waals surface area contributed by atoms with Gasteiger partial charge in [0, 0.05) is 13.0 Å². The first kappa shape index (κ1) is 51.1. The average Bonchev–Trinajstić information content (AvgIpc) is 3.76. The fourth-order valence-electron chi connectivity index (χ4n) is 7.02. The number of nitrogens with two attached hydrogens (primary N) is 2. The monoisotopic (exact) mass is 884 g/mol. The molecule has 62 heavy (non-hydrogen) atoms. The first-order valence-electron chi connectivity index (χ1n) is 21.1. The number of phenolic OH excluding ortho intramolecular Hbond substituents is 1. The third-order valence-corrected chi connectivity index (χ3v) is 11.5. The van der Waals surface area contributed by atoms with E-state index in [-0.39, 0.29) is 31.6 Å². The van der Waals surface area contributed by atoms with Gasteiger partial charge >= 0.3 is 5.97 Å². The molecule has 19 heteroatoms. The first-order chi connectivity index (χ1) is 29.6. The summed E-state index contributed by atoms with van der Waals surface area (Å²) in [5.41, 5.74) is 13.3. The highest BCUT2D eigenvalue weighted by atomic mass is 32.2. The Morgan fingerprint density at radius 1 is 0.790 bits per heavy atom. The van der Waals surface area contributed by atoms with Gasteiger partial charge in [-0.3, -0.25) is 28.8 Å². The molecule has 2 aromatic carbocycles. The minimum Gasteiger partial charge on any atom is -0.508 e. The lowest BCUT2D eigenvalue weighted by molar-refractivity contribution is -0.144. The van der Waals surface area contributed by atoms with E-state index in [2.05, 4.69) is 26.6 Å². The number of carboxylic acids is 1. The number of carboxylic acid groups (broad SMARTS) is 1. The van der Waals surface area contributed by atoms with Crippen LogP contribution in [0.1, 0.15) is 69.9 Å². The van der Waals surface area contributed by atoms with Gasteiger partial charge in [-0.2, -0.15) is 11.8 Å². The van der Waals surface area contributed by atoms with E-state index in [0.29, 0.717) is 56.4 Å². The maximum atomic E-state index is 14.1. The summed E-state index contributed by atoms with van der Waals surface area (Å²) in [5.74, 6) is -5.41. The summed E-state index contributed by atoms with van der Waals surface area (Å²) >= 11 is 1.50. The molecule has 0 saturated carbocycles. The maximum Gasteiger partial charge on any atom is 0.326 e. The Morgan fingerprint density at radius 3 is 2.02 bits per heavy atom. The number of aliphatic carboxylic acids is 1. The molecule has 0 radical (unpaired) electrons. The van der Waals surface area contributed by atoms with E-state index in [1.54, 1.807) is 13.8 Å². The second-order valence-corrected chi connectivity index (χ2v) is 16.5. The Bertz CT molecular complexity index is 1790. The zero-order chi connectivity index (χ0) is 45.8. The molecule has 342 valence electrons. The molecule has 1 aliphatic rings. The highest BCUT2D eigenvalue weighted by Gasteiger charge is 2.40. The number of nitrogens with one attached hydrogen (secondary N) is 5. The van der Waals surface area contributed by atoms with Gasteiger partial charge in [-0.25, -0.2) is 4.79 Å². The van der Waals surface area contributed by atoms with Crippen LogP contribution in [0.2, 0.25) is 0 Å². The second-order valence-electron chi connectivity index (χ2n) is 15.6. The molecular weight excluding hydrogens is 821 g/mol. The van der Waals surface area contributed by atoms with Gasteiger partial charge in [0.05, 0.1) is 12.6 Å². The van der Waals surface area contributed by atoms with E-state index in [1.165, 1.54) is 40.9 Å². The Labute approximate surface area is 367 Å². The molecule has 1 aliphatic heterocycles. The van der Waals surface area contributed by atoms with Crippen molar-refractivity contribution in [3.8, 4) is 5.75 Å². The molecule has 0 aliphatic carbocycles. The van der Waals surface area contributed by atoms with Crippen molar-refractivity contribution in [1.82, 2.24) is 31.5 Å². The first-order valence-corrected chi connectivity index (χ1v) is 22.5. The molecular formula is C43H64N8O10S. The summed E-state index contributed by atoms with van der Waals surface area (Å²) in [6.07, 6.45) is 4.53. The molecule has 0 spiro atoms. The van der Waals surface area contributed by atoms with Crippen LogP contribution in [0.5, 0.6) is 5.75 Å². The van der Waals surface area contributed by atoms with E-state index in [4.69, 9.17) is 11.5 Å². The molecule has 0 unspecified atom stereocenters. The van der Waals surface area contributed by atoms with Gasteiger partial charge in [0.1, 0.15) is 42.0 Å². The molecule has 1 heterocycles. The van der Waals surface area contributed by atoms with Gasteiger partial charge in [-0.05, 0) is 92.7 Å². The topological polar surface area (TPSA) is 296 Å². The minimum absolute atomic E-state index is 0.0446. The van der Waals surface area contributed by atoms with Gasteiger partial charge in [-0.1, -0.05) is 62.7 Å². The number of thioether (sulfide) groups is 1. The number of carbonyl (C=O) groups excluding carboxylic acids is 6. The van der Waals surface area contributed by atoms with Crippen LogP contribution in [0.15, 0.2) is 54.6 Å². The lowest BCUT2D eigenvalue weighted by Crippen LogP contribution is -2.60. The predicted molar refractivity (Wildman–Crippen MR) is 234 cm³/mol. The Hall–Kier alpha value is -5.24. The van der Waals surface area contributed by atoms with E-state index in [9.17, 15) is 48.9 Å². The number of hydrogen-bond donors (Lipinski definition) is 10. The number of amides is 6. The van der Waals surface area contributed by atoms with Crippen LogP contribution in [-0.2, 0) is 46.4 Å². The molecule has 12 N–H and O–H groups in total. The van der Waals surface area contributed by atoms with Gasteiger partial charge in [0.15, 0.2) is 0 Å². The number of aromatic hydroxyl groups is 1. The fraction of sp³-hybridized carbons (Fsp3) is 0.558. The lowest BCUT2D eigenvalue weighted by Gasteiger charge is -2.30. The summed E-state index contributed by atoms with van der Waals surface area (Å²) in [4.78, 5) is 95.7. The molecule has 6 amide bonds. The number of phenols is 1. The third-order valence-electron chi connectivity index (χ3n) is 10.9. The maximum absolute atomic E-state index is 14.1. The van der Waals surface area contributed by atoms with E-state index in [0.717, 1.165) is 5.56 Å². The Balaban J connectivity index is 1.82. The van der Waals surface area contributed by atoms with Crippen molar-refractivity contribution in [3.63, 3.8) is 0 Å². The van der Waals surface area contributed by atoms with Crippen molar-refractivity contribution in [1.29, 1.82) is 0 Å². The Kier molecular flexibility index (Phi) is 21.7. The van der Waals surface area contributed by atoms with Gasteiger partial charge in [0.25, 0.3) is 0 Å². The summed E-state index contributed by atoms with van der Waals surface area (Å²) in [7, 11) is 0. The summed E-state index contributed by atoms with van der Waals surface area (Å²) in [5, 5.41) is 42.7. The van der Waals surface area contributed by atoms with Crippen LogP contribution in [0, 0.1) is 5.92 Å². The SMILES string of the molecule is CC[C@H](C)[C@H](NC(=O)[C@H](CO)NC(=O)[C@H](Cc1ccc(O)cc1)NC(=O)[C@H](CCCCN)NC(=O)[C@@H]1CCCN1C(=O)[C@H](CCSC)NC(=O)[C@@H](N)Cc1ccccc1)C(=O)O. The lowest BCUT2D eigenvalue weighted by atomic mass is 9.99. The standard InChI is InChI=1S/C43H64N8O10S/c1-4-26(2)36(43(60)61)50-40(57)34(25-52)49-39(56)33(24-28-15-17-29(53)18-16-28)48-38(55)31(13-8-9-20-44)46-41(58)35-14-10-21-51(35)42(59)32(19-22-62-3)47-37(54)30(45)23-27-11-6-5-7-12-27/h5-7,11-12,15-18,26,30-36,52-53H,4,8-10,13-14,19-25,44-45H2,1-3H3,(H,46,58)(H,47,54)(H,48,55)(H,49,56)(H,50,57)(H,60,61)/t26-,30-,31-,32-,33-,34-,35-,36-/m0/s1. The fourth-order valence-corrected chi connectivity index (χ4v) is 7.49. The second kappa shape index (κ2) is 26.3. The molecule has 0 bridgehead atoms. The number of unbranched alkanes of at least 4 members (excludes halogenated alkanes) is 1. The zero-order valence-corrected chi connectivity index (χ0v) is 36.5. The molecule has 1 fully saturated rings. The van der Waals surface area contributed by atoms with Gasteiger partial charge < -0.3 is 58.3 Å². The number of benzene rings is 2. The number of likely N-dealkylation sites (tertiary alicyclic amines) is 1. The molecule has 3 rings (SSSR count). The number of aliphatic hydroxyl groups is 1. The largest absolute Gasteiger partial charge is 0.508 e. The van der Waals surface area contributed by atoms with Crippen molar-refractivity contribution in [2.24, 2.45) is 17.4 Å². The smallest absolute Gasteiger partial charge is 0.326 e. The van der Waals surface area contributed by atoms with E-state index in [1.807, 2.05) is 36.6 Å². The van der Waals surface area contributed by atoms with Crippen LogP contribution in [0.25, 0.3) is 0 Å². The van der Waals surface area contributed by atoms with E-state index >= 15 is 0 Å². The number of hydrogen-bond acceptors (Lipinski definition) is 12. The minimum atomic E-state index is -1.58. The van der Waals surface area contributed by atoms with Crippen molar-refractivity contribution in [2.75, 3.05) is 31.7 Å². The third kappa shape index (κ3) is 15.9. The number of aliphatic hydroxyl groups excluding tert-OH is 1. The highest BCUT2D eigenvalue weighted by Crippen LogP contribution is 2.21. The molecule has 8 atom stereocenters.